The Bertz CT molecular complexity index is 930. The number of fused-ring (bicyclic) bond motifs is 1. The summed E-state index contributed by atoms with van der Waals surface area (Å²) in [4.78, 5) is 14.7. The third-order valence-electron chi connectivity index (χ3n) is 4.71. The Morgan fingerprint density at radius 1 is 1.44 bits per heavy atom. The van der Waals surface area contributed by atoms with Crippen molar-refractivity contribution in [2.24, 2.45) is 7.05 Å². The molecule has 0 bridgehead atoms. The molecule has 2 heterocycles. The number of hydrogen-bond donors (Lipinski definition) is 0. The van der Waals surface area contributed by atoms with Gasteiger partial charge in [-0.3, -0.25) is 4.79 Å². The molecule has 0 unspecified atom stereocenters. The highest BCUT2D eigenvalue weighted by Gasteiger charge is 2.35. The van der Waals surface area contributed by atoms with Crippen molar-refractivity contribution in [2.75, 3.05) is 25.2 Å². The van der Waals surface area contributed by atoms with Crippen LogP contribution in [0.3, 0.4) is 0 Å². The standard InChI is InChI=1S/C18H22N2O4S/c1-4-8-20(14-7-9-25(22,23)12-14)18(21)17-10-13-5-6-15(24-3)11-16(13)19(17)2/h4-6,10-11,14H,1,7-9,12H2,2-3H3/t14-/m1/s1. The van der Waals surface area contributed by atoms with Gasteiger partial charge in [-0.05, 0) is 24.6 Å². The van der Waals surface area contributed by atoms with Crippen LogP contribution in [0.1, 0.15) is 16.9 Å². The maximum absolute atomic E-state index is 13.1. The lowest BCUT2D eigenvalue weighted by atomic mass is 10.2. The maximum atomic E-state index is 13.1. The molecule has 1 aliphatic rings. The van der Waals surface area contributed by atoms with Crippen LogP contribution in [0.4, 0.5) is 0 Å². The van der Waals surface area contributed by atoms with E-state index in [4.69, 9.17) is 4.74 Å². The first kappa shape index (κ1) is 17.5. The van der Waals surface area contributed by atoms with E-state index >= 15 is 0 Å². The van der Waals surface area contributed by atoms with Gasteiger partial charge < -0.3 is 14.2 Å². The van der Waals surface area contributed by atoms with Gasteiger partial charge in [-0.15, -0.1) is 6.58 Å². The quantitative estimate of drug-likeness (QED) is 0.763. The third kappa shape index (κ3) is 3.28. The summed E-state index contributed by atoms with van der Waals surface area (Å²) in [6.07, 6.45) is 2.11. The van der Waals surface area contributed by atoms with E-state index in [2.05, 4.69) is 6.58 Å². The highest BCUT2D eigenvalue weighted by atomic mass is 32.2. The fourth-order valence-corrected chi connectivity index (χ4v) is 5.08. The largest absolute Gasteiger partial charge is 0.497 e. The average Bonchev–Trinajstić information content (AvgIpc) is 3.11. The predicted molar refractivity (Wildman–Crippen MR) is 97.8 cm³/mol. The Balaban J connectivity index is 1.98. The molecule has 1 atom stereocenters. The molecule has 0 spiro atoms. The molecule has 2 aromatic rings. The fraction of sp³-hybridized carbons (Fsp3) is 0.389. The lowest BCUT2D eigenvalue weighted by molar-refractivity contribution is 0.0711. The lowest BCUT2D eigenvalue weighted by Gasteiger charge is -2.27. The number of aromatic nitrogens is 1. The summed E-state index contributed by atoms with van der Waals surface area (Å²) in [5.74, 6) is 0.687. The van der Waals surface area contributed by atoms with Crippen molar-refractivity contribution in [2.45, 2.75) is 12.5 Å². The molecule has 1 amide bonds. The number of benzene rings is 1. The zero-order chi connectivity index (χ0) is 18.2. The lowest BCUT2D eigenvalue weighted by Crippen LogP contribution is -2.41. The first-order valence-corrected chi connectivity index (χ1v) is 9.94. The van der Waals surface area contributed by atoms with Crippen molar-refractivity contribution in [3.05, 3.63) is 42.6 Å². The van der Waals surface area contributed by atoms with Gasteiger partial charge in [-0.25, -0.2) is 8.42 Å². The van der Waals surface area contributed by atoms with Gasteiger partial charge in [0.2, 0.25) is 0 Å². The van der Waals surface area contributed by atoms with E-state index in [1.54, 1.807) is 18.1 Å². The molecular formula is C18H22N2O4S. The molecule has 6 nitrogen and oxygen atoms in total. The SMILES string of the molecule is C=CCN(C(=O)c1cc2ccc(OC)cc2n1C)[C@@H]1CCS(=O)(=O)C1. The molecule has 1 aromatic heterocycles. The highest BCUT2D eigenvalue weighted by molar-refractivity contribution is 7.91. The molecule has 0 aliphatic carbocycles. The summed E-state index contributed by atoms with van der Waals surface area (Å²) >= 11 is 0. The zero-order valence-corrected chi connectivity index (χ0v) is 15.3. The van der Waals surface area contributed by atoms with Gasteiger partial charge in [0.15, 0.2) is 9.84 Å². The molecule has 1 aliphatic heterocycles. The molecular weight excluding hydrogens is 340 g/mol. The zero-order valence-electron chi connectivity index (χ0n) is 14.4. The Morgan fingerprint density at radius 2 is 2.20 bits per heavy atom. The molecule has 0 N–H and O–H groups in total. The number of amides is 1. The molecule has 25 heavy (non-hydrogen) atoms. The van der Waals surface area contributed by atoms with Gasteiger partial charge in [0.05, 0.1) is 24.1 Å². The van der Waals surface area contributed by atoms with E-state index in [0.717, 1.165) is 16.7 Å². The minimum absolute atomic E-state index is 0.0182. The van der Waals surface area contributed by atoms with E-state index in [1.807, 2.05) is 35.9 Å². The minimum atomic E-state index is -3.07. The summed E-state index contributed by atoms with van der Waals surface area (Å²) in [6, 6.07) is 7.16. The molecule has 0 saturated carbocycles. The highest BCUT2D eigenvalue weighted by Crippen LogP contribution is 2.26. The Hall–Kier alpha value is -2.28. The molecule has 1 aromatic carbocycles. The fourth-order valence-electron chi connectivity index (χ4n) is 3.35. The number of aryl methyl sites for hydroxylation is 1. The second kappa shape index (κ2) is 6.55. The topological polar surface area (TPSA) is 68.6 Å². The van der Waals surface area contributed by atoms with Crippen LogP contribution in [-0.4, -0.2) is 55.0 Å². The van der Waals surface area contributed by atoms with Crippen molar-refractivity contribution >= 4 is 26.6 Å². The Kier molecular flexibility index (Phi) is 4.60. The van der Waals surface area contributed by atoms with Crippen LogP contribution >= 0.6 is 0 Å². The normalized spacial score (nSPS) is 19.0. The number of hydrogen-bond acceptors (Lipinski definition) is 4. The number of methoxy groups -OCH3 is 1. The van der Waals surface area contributed by atoms with Gasteiger partial charge in [0.25, 0.3) is 5.91 Å². The molecule has 3 rings (SSSR count). The van der Waals surface area contributed by atoms with Crippen LogP contribution in [0, 0.1) is 0 Å². The van der Waals surface area contributed by atoms with E-state index < -0.39 is 9.84 Å². The number of carbonyl (C=O) groups is 1. The summed E-state index contributed by atoms with van der Waals surface area (Å²) in [6.45, 7) is 4.03. The van der Waals surface area contributed by atoms with Gasteiger partial charge in [0, 0.05) is 31.1 Å². The van der Waals surface area contributed by atoms with Gasteiger partial charge in [-0.2, -0.15) is 0 Å². The molecule has 7 heteroatoms. The average molecular weight is 362 g/mol. The first-order valence-electron chi connectivity index (χ1n) is 8.12. The van der Waals surface area contributed by atoms with Gasteiger partial charge in [-0.1, -0.05) is 6.08 Å². The molecule has 134 valence electrons. The van der Waals surface area contributed by atoms with Gasteiger partial charge in [0.1, 0.15) is 11.4 Å². The Morgan fingerprint density at radius 3 is 2.80 bits per heavy atom. The van der Waals surface area contributed by atoms with Crippen LogP contribution in [-0.2, 0) is 16.9 Å². The first-order chi connectivity index (χ1) is 11.9. The number of rotatable bonds is 5. The smallest absolute Gasteiger partial charge is 0.271 e. The second-order valence-corrected chi connectivity index (χ2v) is 8.55. The predicted octanol–water partition coefficient (Wildman–Crippen LogP) is 2.00. The van der Waals surface area contributed by atoms with Crippen molar-refractivity contribution in [3.8, 4) is 5.75 Å². The summed E-state index contributed by atoms with van der Waals surface area (Å²) in [7, 11) is 0.356. The Labute approximate surface area is 147 Å². The number of ether oxygens (including phenoxy) is 1. The summed E-state index contributed by atoms with van der Waals surface area (Å²) in [5.41, 5.74) is 1.41. The van der Waals surface area contributed by atoms with Crippen LogP contribution in [0.2, 0.25) is 0 Å². The van der Waals surface area contributed by atoms with E-state index in [-0.39, 0.29) is 23.5 Å². The summed E-state index contributed by atoms with van der Waals surface area (Å²) in [5, 5.41) is 0.934. The van der Waals surface area contributed by atoms with Crippen LogP contribution in [0.25, 0.3) is 10.9 Å². The maximum Gasteiger partial charge on any atom is 0.271 e. The number of carbonyl (C=O) groups excluding carboxylic acids is 1. The summed E-state index contributed by atoms with van der Waals surface area (Å²) < 4.78 is 30.7. The van der Waals surface area contributed by atoms with Crippen LogP contribution in [0.5, 0.6) is 5.75 Å². The van der Waals surface area contributed by atoms with E-state index in [1.165, 1.54) is 0 Å². The number of sulfone groups is 1. The monoisotopic (exact) mass is 362 g/mol. The van der Waals surface area contributed by atoms with Crippen LogP contribution < -0.4 is 4.74 Å². The van der Waals surface area contributed by atoms with Gasteiger partial charge >= 0.3 is 0 Å². The van der Waals surface area contributed by atoms with Crippen molar-refractivity contribution in [1.29, 1.82) is 0 Å². The van der Waals surface area contributed by atoms with E-state index in [9.17, 15) is 13.2 Å². The molecule has 1 fully saturated rings. The van der Waals surface area contributed by atoms with Crippen LogP contribution in [0.15, 0.2) is 36.9 Å². The van der Waals surface area contributed by atoms with Crippen molar-refractivity contribution in [3.63, 3.8) is 0 Å². The number of nitrogens with zero attached hydrogens (tertiary/aromatic N) is 2. The molecule has 0 radical (unpaired) electrons. The third-order valence-corrected chi connectivity index (χ3v) is 6.46. The van der Waals surface area contributed by atoms with Crippen molar-refractivity contribution < 1.29 is 17.9 Å². The minimum Gasteiger partial charge on any atom is -0.497 e. The second-order valence-electron chi connectivity index (χ2n) is 6.32. The van der Waals surface area contributed by atoms with E-state index in [0.29, 0.717) is 18.7 Å². The van der Waals surface area contributed by atoms with Crippen molar-refractivity contribution in [1.82, 2.24) is 9.47 Å². The molecule has 1 saturated heterocycles.